The van der Waals surface area contributed by atoms with E-state index in [2.05, 4.69) is 28.1 Å². The van der Waals surface area contributed by atoms with E-state index in [9.17, 15) is 0 Å². The fourth-order valence-corrected chi connectivity index (χ4v) is 3.59. The summed E-state index contributed by atoms with van der Waals surface area (Å²) < 4.78 is 7.74. The molecule has 1 aromatic carbocycles. The first kappa shape index (κ1) is 15.3. The van der Waals surface area contributed by atoms with Gasteiger partial charge in [-0.3, -0.25) is 0 Å². The summed E-state index contributed by atoms with van der Waals surface area (Å²) in [5.74, 6) is 1.86. The molecule has 2 N–H and O–H groups in total. The van der Waals surface area contributed by atoms with E-state index < -0.39 is 0 Å². The fraction of sp³-hybridized carbons (Fsp3) is 0.421. The molecule has 4 rings (SSSR count). The van der Waals surface area contributed by atoms with Crippen LogP contribution in [0.5, 0.6) is 0 Å². The highest BCUT2D eigenvalue weighted by molar-refractivity contribution is 5.78. The van der Waals surface area contributed by atoms with Crippen LogP contribution in [0.4, 0.5) is 5.95 Å². The topological polar surface area (TPSA) is 47.4 Å². The van der Waals surface area contributed by atoms with Gasteiger partial charge in [0, 0.05) is 0 Å². The molecule has 3 aromatic rings. The number of anilines is 1. The zero-order valence-corrected chi connectivity index (χ0v) is 14.0. The first-order valence-electron chi connectivity index (χ1n) is 8.95. The van der Waals surface area contributed by atoms with Gasteiger partial charge in [-0.2, -0.15) is 0 Å². The van der Waals surface area contributed by atoms with Crippen LogP contribution in [0, 0.1) is 0 Å². The Morgan fingerprint density at radius 2 is 1.96 bits per heavy atom. The van der Waals surface area contributed by atoms with Crippen molar-refractivity contribution in [2.24, 2.45) is 0 Å². The van der Waals surface area contributed by atoms with Crippen molar-refractivity contribution in [3.8, 4) is 0 Å². The van der Waals surface area contributed by atoms with Crippen molar-refractivity contribution < 1.29 is 9.32 Å². The number of nitrogens with one attached hydrogen (secondary N) is 2. The maximum Gasteiger partial charge on any atom is 0.204 e. The number of quaternary nitrogens is 1. The van der Waals surface area contributed by atoms with Crippen molar-refractivity contribution in [1.82, 2.24) is 9.55 Å². The minimum absolute atomic E-state index is 0.660. The molecular formula is C19H25N4O+. The minimum Gasteiger partial charge on any atom is -0.467 e. The largest absolute Gasteiger partial charge is 0.467 e. The van der Waals surface area contributed by atoms with Gasteiger partial charge in [-0.15, -0.1) is 0 Å². The standard InChI is InChI=1S/C19H24N4O/c1-4-10-22(11-5-1)12-13-23-18-9-3-2-8-17(18)21-19(23)20-15-16-7-6-14-24-16/h2-3,6-9,14H,1,4-5,10-13,15H2,(H,20,21)/p+1. The van der Waals surface area contributed by atoms with Crippen LogP contribution in [-0.2, 0) is 13.1 Å². The van der Waals surface area contributed by atoms with Gasteiger partial charge >= 0.3 is 0 Å². The maximum atomic E-state index is 5.42. The van der Waals surface area contributed by atoms with E-state index in [-0.39, 0.29) is 0 Å². The molecule has 1 aliphatic rings. The molecule has 0 bridgehead atoms. The van der Waals surface area contributed by atoms with Crippen molar-refractivity contribution >= 4 is 17.0 Å². The van der Waals surface area contributed by atoms with Crippen LogP contribution in [0.2, 0.25) is 0 Å². The quantitative estimate of drug-likeness (QED) is 0.731. The summed E-state index contributed by atoms with van der Waals surface area (Å²) in [6, 6.07) is 12.3. The third-order valence-electron chi connectivity index (χ3n) is 4.91. The maximum absolute atomic E-state index is 5.42. The molecule has 1 aliphatic heterocycles. The number of piperidine rings is 1. The number of benzene rings is 1. The number of para-hydroxylation sites is 2. The third-order valence-corrected chi connectivity index (χ3v) is 4.91. The third kappa shape index (κ3) is 3.31. The average Bonchev–Trinajstić information content (AvgIpc) is 3.26. The number of hydrogen-bond acceptors (Lipinski definition) is 3. The molecule has 5 nitrogen and oxygen atoms in total. The Labute approximate surface area is 142 Å². The summed E-state index contributed by atoms with van der Waals surface area (Å²) in [4.78, 5) is 6.50. The molecule has 0 saturated carbocycles. The Hall–Kier alpha value is -2.27. The molecular weight excluding hydrogens is 300 g/mol. The van der Waals surface area contributed by atoms with Gasteiger partial charge in [-0.1, -0.05) is 12.1 Å². The number of fused-ring (bicyclic) bond motifs is 1. The van der Waals surface area contributed by atoms with Gasteiger partial charge < -0.3 is 19.2 Å². The predicted molar refractivity (Wildman–Crippen MR) is 95.2 cm³/mol. The summed E-state index contributed by atoms with van der Waals surface area (Å²) in [6.45, 7) is 5.43. The van der Waals surface area contributed by atoms with Gasteiger partial charge in [-0.25, -0.2) is 4.98 Å². The number of aromatic nitrogens is 2. The lowest BCUT2D eigenvalue weighted by atomic mass is 10.1. The molecule has 5 heteroatoms. The molecule has 126 valence electrons. The van der Waals surface area contributed by atoms with Gasteiger partial charge in [0.2, 0.25) is 5.95 Å². The van der Waals surface area contributed by atoms with E-state index in [1.165, 1.54) is 37.9 Å². The molecule has 0 spiro atoms. The van der Waals surface area contributed by atoms with Crippen LogP contribution in [0.25, 0.3) is 11.0 Å². The minimum atomic E-state index is 0.660. The first-order valence-corrected chi connectivity index (χ1v) is 8.95. The number of furan rings is 1. The number of imidazole rings is 1. The van der Waals surface area contributed by atoms with E-state index >= 15 is 0 Å². The molecule has 3 heterocycles. The van der Waals surface area contributed by atoms with Crippen LogP contribution < -0.4 is 10.2 Å². The Morgan fingerprint density at radius 3 is 2.79 bits per heavy atom. The van der Waals surface area contributed by atoms with Gasteiger partial charge in [0.15, 0.2) is 0 Å². The average molecular weight is 325 g/mol. The predicted octanol–water partition coefficient (Wildman–Crippen LogP) is 2.31. The van der Waals surface area contributed by atoms with Gasteiger partial charge in [-0.05, 0) is 43.5 Å². The molecule has 1 saturated heterocycles. The summed E-state index contributed by atoms with van der Waals surface area (Å²) >= 11 is 0. The van der Waals surface area contributed by atoms with E-state index in [1.54, 1.807) is 11.2 Å². The van der Waals surface area contributed by atoms with Crippen molar-refractivity contribution in [2.45, 2.75) is 32.4 Å². The van der Waals surface area contributed by atoms with E-state index in [0.29, 0.717) is 6.54 Å². The molecule has 0 atom stereocenters. The number of hydrogen-bond donors (Lipinski definition) is 2. The van der Waals surface area contributed by atoms with Crippen LogP contribution in [0.1, 0.15) is 25.0 Å². The number of rotatable bonds is 6. The van der Waals surface area contributed by atoms with Crippen LogP contribution >= 0.6 is 0 Å². The first-order chi connectivity index (χ1) is 11.9. The Bertz CT molecular complexity index is 772. The summed E-state index contributed by atoms with van der Waals surface area (Å²) in [6.07, 6.45) is 5.83. The normalized spacial score (nSPS) is 15.8. The monoisotopic (exact) mass is 325 g/mol. The zero-order valence-electron chi connectivity index (χ0n) is 14.0. The van der Waals surface area contributed by atoms with E-state index in [4.69, 9.17) is 9.40 Å². The van der Waals surface area contributed by atoms with Crippen molar-refractivity contribution in [3.05, 3.63) is 48.4 Å². The summed E-state index contributed by atoms with van der Waals surface area (Å²) in [7, 11) is 0. The van der Waals surface area contributed by atoms with E-state index in [1.807, 2.05) is 18.2 Å². The van der Waals surface area contributed by atoms with Crippen molar-refractivity contribution in [2.75, 3.05) is 25.0 Å². The summed E-state index contributed by atoms with van der Waals surface area (Å²) in [5.41, 5.74) is 2.25. The second-order valence-electron chi connectivity index (χ2n) is 6.57. The molecule has 24 heavy (non-hydrogen) atoms. The highest BCUT2D eigenvalue weighted by Crippen LogP contribution is 2.19. The van der Waals surface area contributed by atoms with Gasteiger partial charge in [0.05, 0.1) is 50.0 Å². The zero-order chi connectivity index (χ0) is 16.2. The lowest BCUT2D eigenvalue weighted by Crippen LogP contribution is -3.13. The highest BCUT2D eigenvalue weighted by atomic mass is 16.3. The lowest BCUT2D eigenvalue weighted by Gasteiger charge is -2.24. The smallest absolute Gasteiger partial charge is 0.204 e. The molecule has 1 fully saturated rings. The summed E-state index contributed by atoms with van der Waals surface area (Å²) in [5, 5.41) is 3.44. The van der Waals surface area contributed by atoms with E-state index in [0.717, 1.165) is 30.3 Å². The molecule has 0 radical (unpaired) electrons. The van der Waals surface area contributed by atoms with Crippen LogP contribution in [0.15, 0.2) is 47.1 Å². The van der Waals surface area contributed by atoms with Gasteiger partial charge in [0.25, 0.3) is 0 Å². The molecule has 0 unspecified atom stereocenters. The SMILES string of the molecule is c1coc(CNc2nc3ccccc3n2CC[NH+]2CCCCC2)c1. The molecule has 2 aromatic heterocycles. The van der Waals surface area contributed by atoms with Crippen molar-refractivity contribution in [1.29, 1.82) is 0 Å². The molecule has 0 aliphatic carbocycles. The number of likely N-dealkylation sites (tertiary alicyclic amines) is 1. The van der Waals surface area contributed by atoms with Crippen LogP contribution in [0.3, 0.4) is 0 Å². The highest BCUT2D eigenvalue weighted by Gasteiger charge is 2.16. The van der Waals surface area contributed by atoms with Crippen LogP contribution in [-0.4, -0.2) is 29.2 Å². The van der Waals surface area contributed by atoms with Crippen molar-refractivity contribution in [3.63, 3.8) is 0 Å². The second-order valence-corrected chi connectivity index (χ2v) is 6.57. The Morgan fingerprint density at radius 1 is 1.08 bits per heavy atom. The Kier molecular flexibility index (Phi) is 4.51. The fourth-order valence-electron chi connectivity index (χ4n) is 3.59. The second kappa shape index (κ2) is 7.09. The lowest BCUT2D eigenvalue weighted by molar-refractivity contribution is -0.905. The van der Waals surface area contributed by atoms with Gasteiger partial charge in [0.1, 0.15) is 5.76 Å². The Balaban J connectivity index is 1.53. The number of nitrogens with zero attached hydrogens (tertiary/aromatic N) is 2. The molecule has 0 amide bonds.